The van der Waals surface area contributed by atoms with Crippen molar-refractivity contribution < 1.29 is 17.9 Å². The summed E-state index contributed by atoms with van der Waals surface area (Å²) in [5.41, 5.74) is 1.83. The largest absolute Gasteiger partial charge is 0.573 e. The lowest BCUT2D eigenvalue weighted by Crippen LogP contribution is -2.37. The van der Waals surface area contributed by atoms with Crippen LogP contribution in [0, 0.1) is 11.3 Å². The lowest BCUT2D eigenvalue weighted by atomic mass is 10.1. The van der Waals surface area contributed by atoms with Gasteiger partial charge in [0.1, 0.15) is 5.75 Å². The molecule has 0 radical (unpaired) electrons. The zero-order chi connectivity index (χ0) is 19.7. The van der Waals surface area contributed by atoms with Gasteiger partial charge in [-0.15, -0.1) is 37.1 Å². The van der Waals surface area contributed by atoms with Gasteiger partial charge in [-0.25, -0.2) is 4.99 Å². The van der Waals surface area contributed by atoms with Crippen LogP contribution in [-0.4, -0.2) is 18.9 Å². The van der Waals surface area contributed by atoms with Crippen LogP contribution in [0.1, 0.15) is 23.6 Å². The minimum absolute atomic E-state index is 0. The first kappa shape index (κ1) is 23.6. The highest BCUT2D eigenvalue weighted by atomic mass is 127. The van der Waals surface area contributed by atoms with E-state index in [9.17, 15) is 13.2 Å². The molecule has 28 heavy (non-hydrogen) atoms. The van der Waals surface area contributed by atoms with Gasteiger partial charge in [0.15, 0.2) is 5.96 Å². The molecule has 0 aliphatic rings. The fourth-order valence-corrected chi connectivity index (χ4v) is 2.25. The van der Waals surface area contributed by atoms with Gasteiger partial charge in [0.25, 0.3) is 0 Å². The van der Waals surface area contributed by atoms with Crippen molar-refractivity contribution in [1.82, 2.24) is 10.6 Å². The second kappa shape index (κ2) is 11.4. The third kappa shape index (κ3) is 8.04. The summed E-state index contributed by atoms with van der Waals surface area (Å²) in [6.07, 6.45) is -4.75. The van der Waals surface area contributed by atoms with E-state index in [2.05, 4.69) is 20.4 Å². The van der Waals surface area contributed by atoms with Gasteiger partial charge in [0, 0.05) is 18.7 Å². The van der Waals surface area contributed by atoms with Crippen molar-refractivity contribution in [3.63, 3.8) is 0 Å². The van der Waals surface area contributed by atoms with E-state index in [1.54, 1.807) is 36.4 Å². The summed E-state index contributed by atoms with van der Waals surface area (Å²) in [5, 5.41) is 14.8. The molecule has 0 heterocycles. The number of hydrogen-bond acceptors (Lipinski definition) is 3. The molecule has 0 saturated carbocycles. The second-order valence-corrected chi connectivity index (χ2v) is 5.51. The van der Waals surface area contributed by atoms with E-state index in [1.807, 2.05) is 13.0 Å². The van der Waals surface area contributed by atoms with Crippen molar-refractivity contribution >= 4 is 29.9 Å². The third-order valence-electron chi connectivity index (χ3n) is 3.49. The van der Waals surface area contributed by atoms with Gasteiger partial charge in [0.05, 0.1) is 18.2 Å². The minimum atomic E-state index is -4.75. The molecular weight excluding hydrogens is 484 g/mol. The highest BCUT2D eigenvalue weighted by molar-refractivity contribution is 14.0. The maximum atomic E-state index is 12.5. The Labute approximate surface area is 178 Å². The van der Waals surface area contributed by atoms with Crippen LogP contribution < -0.4 is 15.4 Å². The number of hydrogen-bond donors (Lipinski definition) is 2. The molecule has 150 valence electrons. The van der Waals surface area contributed by atoms with Crippen molar-refractivity contribution in [3.8, 4) is 11.8 Å². The number of rotatable bonds is 6. The van der Waals surface area contributed by atoms with E-state index in [1.165, 1.54) is 12.1 Å². The molecule has 2 rings (SSSR count). The third-order valence-corrected chi connectivity index (χ3v) is 3.49. The molecule has 2 N–H and O–H groups in total. The molecule has 0 fully saturated rings. The van der Waals surface area contributed by atoms with Crippen LogP contribution >= 0.6 is 24.0 Å². The first-order valence-electron chi connectivity index (χ1n) is 8.26. The van der Waals surface area contributed by atoms with Crippen molar-refractivity contribution in [2.45, 2.75) is 26.4 Å². The molecule has 0 aliphatic heterocycles. The van der Waals surface area contributed by atoms with Crippen LogP contribution in [0.15, 0.2) is 53.5 Å². The van der Waals surface area contributed by atoms with Gasteiger partial charge in [-0.1, -0.05) is 30.3 Å². The van der Waals surface area contributed by atoms with Gasteiger partial charge in [-0.05, 0) is 30.7 Å². The normalized spacial score (nSPS) is 11.2. The molecule has 0 unspecified atom stereocenters. The van der Waals surface area contributed by atoms with Crippen molar-refractivity contribution in [2.75, 3.05) is 6.54 Å². The SMILES string of the molecule is CCNC(=NCc1ccc(C#N)cc1)NCc1ccccc1OC(F)(F)F.I. The summed E-state index contributed by atoms with van der Waals surface area (Å²) in [6.45, 7) is 2.97. The monoisotopic (exact) mass is 504 g/mol. The van der Waals surface area contributed by atoms with Crippen molar-refractivity contribution in [2.24, 2.45) is 4.99 Å². The van der Waals surface area contributed by atoms with E-state index < -0.39 is 6.36 Å². The standard InChI is InChI=1S/C19H19F3N4O.HI/c1-2-24-18(25-12-15-9-7-14(11-23)8-10-15)26-13-16-5-3-4-6-17(16)27-19(20,21)22;/h3-10H,2,12-13H2,1H3,(H2,24,25,26);1H. The number of alkyl halides is 3. The summed E-state index contributed by atoms with van der Waals surface area (Å²) in [7, 11) is 0. The first-order chi connectivity index (χ1) is 12.9. The average molecular weight is 504 g/mol. The van der Waals surface area contributed by atoms with Gasteiger partial charge in [0.2, 0.25) is 0 Å². The Morgan fingerprint density at radius 1 is 1.11 bits per heavy atom. The van der Waals surface area contributed by atoms with Crippen LogP contribution in [-0.2, 0) is 13.1 Å². The van der Waals surface area contributed by atoms with E-state index in [4.69, 9.17) is 5.26 Å². The van der Waals surface area contributed by atoms with Gasteiger partial charge >= 0.3 is 6.36 Å². The quantitative estimate of drug-likeness (QED) is 0.349. The highest BCUT2D eigenvalue weighted by Gasteiger charge is 2.31. The number of nitriles is 1. The van der Waals surface area contributed by atoms with Gasteiger partial charge in [-0.3, -0.25) is 0 Å². The smallest absolute Gasteiger partial charge is 0.405 e. The van der Waals surface area contributed by atoms with E-state index in [0.717, 1.165) is 5.56 Å². The molecule has 0 bridgehead atoms. The maximum Gasteiger partial charge on any atom is 0.573 e. The molecule has 5 nitrogen and oxygen atoms in total. The van der Waals surface area contributed by atoms with E-state index >= 15 is 0 Å². The number of nitrogens with zero attached hydrogens (tertiary/aromatic N) is 2. The lowest BCUT2D eigenvalue weighted by molar-refractivity contribution is -0.274. The number of halogens is 4. The molecule has 0 amide bonds. The zero-order valence-corrected chi connectivity index (χ0v) is 17.4. The Balaban J connectivity index is 0.00000392. The van der Waals surface area contributed by atoms with E-state index in [-0.39, 0.29) is 36.3 Å². The van der Waals surface area contributed by atoms with Crippen LogP contribution in [0.5, 0.6) is 5.75 Å². The Morgan fingerprint density at radius 2 is 1.79 bits per heavy atom. The topological polar surface area (TPSA) is 69.4 Å². The summed E-state index contributed by atoms with van der Waals surface area (Å²) in [4.78, 5) is 4.41. The molecule has 2 aromatic rings. The molecule has 0 spiro atoms. The number of para-hydroxylation sites is 1. The zero-order valence-electron chi connectivity index (χ0n) is 15.1. The summed E-state index contributed by atoms with van der Waals surface area (Å²) in [6, 6.07) is 15.0. The first-order valence-corrected chi connectivity index (χ1v) is 8.26. The fourth-order valence-electron chi connectivity index (χ4n) is 2.25. The van der Waals surface area contributed by atoms with Crippen molar-refractivity contribution in [3.05, 3.63) is 65.2 Å². The Kier molecular flexibility index (Phi) is 9.58. The van der Waals surface area contributed by atoms with Gasteiger partial charge in [-0.2, -0.15) is 5.26 Å². The van der Waals surface area contributed by atoms with Gasteiger partial charge < -0.3 is 15.4 Å². The Bertz CT molecular complexity index is 817. The molecule has 2 aromatic carbocycles. The number of ether oxygens (including phenoxy) is 1. The Hall–Kier alpha value is -2.48. The molecule has 0 aliphatic carbocycles. The summed E-state index contributed by atoms with van der Waals surface area (Å²) >= 11 is 0. The number of benzene rings is 2. The average Bonchev–Trinajstić information content (AvgIpc) is 2.64. The molecule has 0 saturated heterocycles. The second-order valence-electron chi connectivity index (χ2n) is 5.51. The molecule has 0 atom stereocenters. The summed E-state index contributed by atoms with van der Waals surface area (Å²) < 4.78 is 41.6. The number of aliphatic imine (C=N–C) groups is 1. The lowest BCUT2D eigenvalue weighted by Gasteiger charge is -2.15. The van der Waals surface area contributed by atoms with E-state index in [0.29, 0.717) is 30.2 Å². The predicted octanol–water partition coefficient (Wildman–Crippen LogP) is 4.33. The summed E-state index contributed by atoms with van der Waals surface area (Å²) in [5.74, 6) is 0.212. The van der Waals surface area contributed by atoms with Crippen LogP contribution in [0.2, 0.25) is 0 Å². The fraction of sp³-hybridized carbons (Fsp3) is 0.263. The highest BCUT2D eigenvalue weighted by Crippen LogP contribution is 2.26. The predicted molar refractivity (Wildman–Crippen MR) is 111 cm³/mol. The number of guanidine groups is 1. The minimum Gasteiger partial charge on any atom is -0.405 e. The van der Waals surface area contributed by atoms with Crippen LogP contribution in [0.4, 0.5) is 13.2 Å². The molecular formula is C19H20F3IN4O. The van der Waals surface area contributed by atoms with Crippen molar-refractivity contribution in [1.29, 1.82) is 5.26 Å². The molecule has 9 heteroatoms. The number of nitrogens with one attached hydrogen (secondary N) is 2. The molecule has 0 aromatic heterocycles. The van der Waals surface area contributed by atoms with Crippen LogP contribution in [0.3, 0.4) is 0 Å². The maximum absolute atomic E-state index is 12.5. The van der Waals surface area contributed by atoms with Crippen LogP contribution in [0.25, 0.3) is 0 Å². The Morgan fingerprint density at radius 3 is 2.39 bits per heavy atom.